The number of rotatable bonds is 5. The Bertz CT molecular complexity index is 449. The lowest BCUT2D eigenvalue weighted by atomic mass is 9.74. The smallest absolute Gasteiger partial charge is 0.309 e. The zero-order valence-corrected chi connectivity index (χ0v) is 12.6. The molecule has 1 saturated carbocycles. The van der Waals surface area contributed by atoms with Crippen molar-refractivity contribution in [1.29, 1.82) is 0 Å². The molecular formula is C17H25NO3. The monoisotopic (exact) mass is 291 g/mol. The van der Waals surface area contributed by atoms with E-state index in [1.165, 1.54) is 7.11 Å². The van der Waals surface area contributed by atoms with Crippen LogP contribution in [0.5, 0.6) is 0 Å². The van der Waals surface area contributed by atoms with Crippen LogP contribution in [0.25, 0.3) is 0 Å². The molecule has 1 aromatic rings. The van der Waals surface area contributed by atoms with Crippen molar-refractivity contribution in [2.24, 2.45) is 17.6 Å². The van der Waals surface area contributed by atoms with Crippen LogP contribution in [0, 0.1) is 11.8 Å². The van der Waals surface area contributed by atoms with Crippen LogP contribution in [0.2, 0.25) is 0 Å². The Labute approximate surface area is 126 Å². The van der Waals surface area contributed by atoms with Gasteiger partial charge in [-0.25, -0.2) is 0 Å². The largest absolute Gasteiger partial charge is 0.469 e. The molecule has 1 aliphatic carbocycles. The molecule has 0 heterocycles. The fraction of sp³-hybridized carbons (Fsp3) is 0.588. The first-order valence-electron chi connectivity index (χ1n) is 7.69. The van der Waals surface area contributed by atoms with Gasteiger partial charge in [0.15, 0.2) is 0 Å². The zero-order chi connectivity index (χ0) is 15.2. The van der Waals surface area contributed by atoms with Gasteiger partial charge in [0.1, 0.15) is 0 Å². The summed E-state index contributed by atoms with van der Waals surface area (Å²) in [6.45, 7) is 0. The van der Waals surface area contributed by atoms with Crippen LogP contribution < -0.4 is 5.73 Å². The normalized spacial score (nSPS) is 25.1. The molecule has 0 saturated heterocycles. The molecule has 21 heavy (non-hydrogen) atoms. The van der Waals surface area contributed by atoms with Gasteiger partial charge < -0.3 is 15.6 Å². The molecule has 4 nitrogen and oxygen atoms in total. The van der Waals surface area contributed by atoms with Crippen molar-refractivity contribution >= 4 is 5.97 Å². The second kappa shape index (κ2) is 7.57. The second-order valence-corrected chi connectivity index (χ2v) is 5.92. The third-order valence-corrected chi connectivity index (χ3v) is 4.51. The third-order valence-electron chi connectivity index (χ3n) is 4.51. The van der Waals surface area contributed by atoms with E-state index >= 15 is 0 Å². The average Bonchev–Trinajstić information content (AvgIpc) is 2.54. The Hall–Kier alpha value is -1.39. The topological polar surface area (TPSA) is 72.5 Å². The maximum Gasteiger partial charge on any atom is 0.309 e. The molecule has 0 radical (unpaired) electrons. The SMILES string of the molecule is COC(=O)C1CCCCC1C(O)C(N)Cc1ccccc1. The van der Waals surface area contributed by atoms with Gasteiger partial charge in [0, 0.05) is 6.04 Å². The Balaban J connectivity index is 2.02. The molecule has 2 rings (SSSR count). The maximum atomic E-state index is 11.9. The lowest BCUT2D eigenvalue weighted by molar-refractivity contribution is -0.151. The van der Waals surface area contributed by atoms with Gasteiger partial charge in [0.05, 0.1) is 19.1 Å². The number of hydrogen-bond acceptors (Lipinski definition) is 4. The highest BCUT2D eigenvalue weighted by Gasteiger charge is 2.38. The number of aliphatic hydroxyl groups excluding tert-OH is 1. The summed E-state index contributed by atoms with van der Waals surface area (Å²) in [5, 5.41) is 10.6. The van der Waals surface area contributed by atoms with Gasteiger partial charge in [-0.3, -0.25) is 4.79 Å². The van der Waals surface area contributed by atoms with E-state index in [2.05, 4.69) is 0 Å². The van der Waals surface area contributed by atoms with Crippen molar-refractivity contribution in [2.45, 2.75) is 44.2 Å². The summed E-state index contributed by atoms with van der Waals surface area (Å²) in [4.78, 5) is 11.9. The fourth-order valence-electron chi connectivity index (χ4n) is 3.34. The molecule has 116 valence electrons. The molecule has 0 aromatic heterocycles. The standard InChI is InChI=1S/C17H25NO3/c1-21-17(20)14-10-6-5-9-13(14)16(19)15(18)11-12-7-3-2-4-8-12/h2-4,7-8,13-16,19H,5-6,9-11,18H2,1H3. The van der Waals surface area contributed by atoms with Crippen molar-refractivity contribution in [3.8, 4) is 0 Å². The van der Waals surface area contributed by atoms with Gasteiger partial charge in [-0.2, -0.15) is 0 Å². The first-order valence-corrected chi connectivity index (χ1v) is 7.69. The van der Waals surface area contributed by atoms with Crippen LogP contribution in [0.3, 0.4) is 0 Å². The Morgan fingerprint density at radius 2 is 2.00 bits per heavy atom. The van der Waals surface area contributed by atoms with Crippen LogP contribution in [-0.2, 0) is 16.0 Å². The van der Waals surface area contributed by atoms with E-state index < -0.39 is 6.10 Å². The van der Waals surface area contributed by atoms with E-state index in [0.717, 1.165) is 31.2 Å². The Morgan fingerprint density at radius 1 is 1.33 bits per heavy atom. The highest BCUT2D eigenvalue weighted by Crippen LogP contribution is 2.34. The van der Waals surface area contributed by atoms with Crippen LogP contribution in [0.15, 0.2) is 30.3 Å². The quantitative estimate of drug-likeness (QED) is 0.813. The number of benzene rings is 1. The molecule has 4 heteroatoms. The fourth-order valence-corrected chi connectivity index (χ4v) is 3.34. The molecule has 0 aliphatic heterocycles. The molecule has 1 fully saturated rings. The van der Waals surface area contributed by atoms with Gasteiger partial charge in [0.25, 0.3) is 0 Å². The van der Waals surface area contributed by atoms with Crippen molar-refractivity contribution in [2.75, 3.05) is 7.11 Å². The number of carbonyl (C=O) groups excluding carboxylic acids is 1. The summed E-state index contributed by atoms with van der Waals surface area (Å²) in [6, 6.07) is 9.54. The minimum atomic E-state index is -0.672. The molecule has 0 amide bonds. The van der Waals surface area contributed by atoms with Gasteiger partial charge in [0.2, 0.25) is 0 Å². The zero-order valence-electron chi connectivity index (χ0n) is 12.6. The summed E-state index contributed by atoms with van der Waals surface area (Å²) in [5.41, 5.74) is 7.29. The first-order chi connectivity index (χ1) is 10.1. The Kier molecular flexibility index (Phi) is 5.76. The van der Waals surface area contributed by atoms with Crippen molar-refractivity contribution in [1.82, 2.24) is 0 Å². The average molecular weight is 291 g/mol. The lowest BCUT2D eigenvalue weighted by Crippen LogP contribution is -2.46. The number of ether oxygens (including phenoxy) is 1. The molecule has 1 aromatic carbocycles. The number of nitrogens with two attached hydrogens (primary N) is 1. The first kappa shape index (κ1) is 16.0. The van der Waals surface area contributed by atoms with E-state index in [1.807, 2.05) is 30.3 Å². The summed E-state index contributed by atoms with van der Waals surface area (Å²) in [7, 11) is 1.41. The second-order valence-electron chi connectivity index (χ2n) is 5.92. The van der Waals surface area contributed by atoms with E-state index in [0.29, 0.717) is 6.42 Å². The molecular weight excluding hydrogens is 266 g/mol. The van der Waals surface area contributed by atoms with Gasteiger partial charge >= 0.3 is 5.97 Å². The maximum absolute atomic E-state index is 11.9. The molecule has 1 aliphatic rings. The number of hydrogen-bond donors (Lipinski definition) is 2. The van der Waals surface area contributed by atoms with Crippen molar-refractivity contribution in [3.63, 3.8) is 0 Å². The van der Waals surface area contributed by atoms with Crippen LogP contribution in [0.1, 0.15) is 31.2 Å². The van der Waals surface area contributed by atoms with Gasteiger partial charge in [-0.15, -0.1) is 0 Å². The Morgan fingerprint density at radius 3 is 2.67 bits per heavy atom. The van der Waals surface area contributed by atoms with Crippen molar-refractivity contribution < 1.29 is 14.6 Å². The summed E-state index contributed by atoms with van der Waals surface area (Å²) < 4.78 is 4.88. The minimum absolute atomic E-state index is 0.0927. The number of methoxy groups -OCH3 is 1. The molecule has 4 atom stereocenters. The summed E-state index contributed by atoms with van der Waals surface area (Å²) >= 11 is 0. The number of esters is 1. The molecule has 0 spiro atoms. The highest BCUT2D eigenvalue weighted by molar-refractivity contribution is 5.72. The molecule has 3 N–H and O–H groups in total. The van der Waals surface area contributed by atoms with E-state index in [9.17, 15) is 9.90 Å². The molecule has 4 unspecified atom stereocenters. The summed E-state index contributed by atoms with van der Waals surface area (Å²) in [5.74, 6) is -0.531. The van der Waals surface area contributed by atoms with Crippen LogP contribution in [-0.4, -0.2) is 30.3 Å². The number of aliphatic hydroxyl groups is 1. The minimum Gasteiger partial charge on any atom is -0.469 e. The summed E-state index contributed by atoms with van der Waals surface area (Å²) in [6.07, 6.45) is 3.61. The van der Waals surface area contributed by atoms with E-state index in [1.54, 1.807) is 0 Å². The van der Waals surface area contributed by atoms with Gasteiger partial charge in [-0.05, 0) is 30.7 Å². The predicted molar refractivity (Wildman–Crippen MR) is 81.6 cm³/mol. The van der Waals surface area contributed by atoms with Crippen molar-refractivity contribution in [3.05, 3.63) is 35.9 Å². The number of carbonyl (C=O) groups is 1. The predicted octanol–water partition coefficient (Wildman–Crippen LogP) is 1.90. The van der Waals surface area contributed by atoms with E-state index in [-0.39, 0.29) is 23.8 Å². The van der Waals surface area contributed by atoms with E-state index in [4.69, 9.17) is 10.5 Å². The van der Waals surface area contributed by atoms with Crippen LogP contribution >= 0.6 is 0 Å². The third kappa shape index (κ3) is 4.05. The van der Waals surface area contributed by atoms with Crippen LogP contribution in [0.4, 0.5) is 0 Å². The highest BCUT2D eigenvalue weighted by atomic mass is 16.5. The van der Waals surface area contributed by atoms with Gasteiger partial charge in [-0.1, -0.05) is 43.2 Å². The lowest BCUT2D eigenvalue weighted by Gasteiger charge is -2.35. The molecule has 0 bridgehead atoms.